The molecule has 2 heterocycles. The van der Waals surface area contributed by atoms with Crippen molar-refractivity contribution in [1.29, 1.82) is 0 Å². The minimum Gasteiger partial charge on any atom is -0.381 e. The monoisotopic (exact) mass is 377 g/mol. The molecule has 0 aliphatic carbocycles. The van der Waals surface area contributed by atoms with Gasteiger partial charge < -0.3 is 9.72 Å². The number of hydrogen-bond acceptors (Lipinski definition) is 3. The van der Waals surface area contributed by atoms with Crippen molar-refractivity contribution in [2.45, 2.75) is 39.2 Å². The summed E-state index contributed by atoms with van der Waals surface area (Å²) in [5.41, 5.74) is 5.28. The van der Waals surface area contributed by atoms with Crippen LogP contribution >= 0.6 is 0 Å². The molecule has 1 aliphatic rings. The lowest BCUT2D eigenvalue weighted by molar-refractivity contribution is -0.00231. The van der Waals surface area contributed by atoms with Crippen molar-refractivity contribution < 1.29 is 4.74 Å². The molecule has 0 saturated carbocycles. The lowest BCUT2D eigenvalue weighted by atomic mass is 9.74. The molecule has 3 aromatic rings. The number of ether oxygens (including phenoxy) is 1. The van der Waals surface area contributed by atoms with E-state index in [4.69, 9.17) is 4.74 Å². The van der Waals surface area contributed by atoms with E-state index < -0.39 is 0 Å². The molecule has 0 atom stereocenters. The second-order valence-electron chi connectivity index (χ2n) is 8.15. The Morgan fingerprint density at radius 1 is 1.07 bits per heavy atom. The molecule has 0 spiro atoms. The third kappa shape index (κ3) is 4.62. The Hall–Kier alpha value is -2.17. The molecule has 0 radical (unpaired) electrons. The summed E-state index contributed by atoms with van der Waals surface area (Å²) in [7, 11) is 0. The number of aromatic amines is 1. The van der Waals surface area contributed by atoms with E-state index in [0.717, 1.165) is 50.3 Å². The molecule has 0 amide bonds. The average Bonchev–Trinajstić information content (AvgIpc) is 3.21. The second-order valence-corrected chi connectivity index (χ2v) is 8.15. The zero-order valence-electron chi connectivity index (χ0n) is 16.9. The van der Waals surface area contributed by atoms with Crippen LogP contribution in [0.4, 0.5) is 0 Å². The Labute approximate surface area is 167 Å². The van der Waals surface area contributed by atoms with E-state index in [1.54, 1.807) is 6.33 Å². The third-order valence-electron chi connectivity index (χ3n) is 6.21. The number of aromatic nitrogens is 2. The largest absolute Gasteiger partial charge is 0.381 e. The van der Waals surface area contributed by atoms with E-state index in [-0.39, 0.29) is 0 Å². The van der Waals surface area contributed by atoms with Crippen LogP contribution in [0.3, 0.4) is 0 Å². The van der Waals surface area contributed by atoms with Crippen LogP contribution in [0.15, 0.2) is 54.9 Å². The van der Waals surface area contributed by atoms with Crippen LogP contribution in [0.2, 0.25) is 0 Å². The van der Waals surface area contributed by atoms with E-state index in [1.807, 2.05) is 0 Å². The van der Waals surface area contributed by atoms with Crippen molar-refractivity contribution in [2.24, 2.45) is 5.41 Å². The van der Waals surface area contributed by atoms with Crippen LogP contribution in [0.25, 0.3) is 11.0 Å². The molecule has 0 bridgehead atoms. The van der Waals surface area contributed by atoms with Crippen molar-refractivity contribution >= 4 is 11.0 Å². The first-order valence-corrected chi connectivity index (χ1v) is 10.5. The summed E-state index contributed by atoms with van der Waals surface area (Å²) in [5, 5.41) is 0. The maximum Gasteiger partial charge on any atom is 0.0931 e. The highest BCUT2D eigenvalue weighted by Crippen LogP contribution is 2.37. The molecule has 2 aromatic carbocycles. The quantitative estimate of drug-likeness (QED) is 0.612. The number of rotatable bonds is 8. The van der Waals surface area contributed by atoms with Gasteiger partial charge in [-0.15, -0.1) is 0 Å². The minimum absolute atomic E-state index is 0.315. The summed E-state index contributed by atoms with van der Waals surface area (Å²) in [6.45, 7) is 7.10. The predicted octanol–water partition coefficient (Wildman–Crippen LogP) is 4.81. The molecule has 1 N–H and O–H groups in total. The van der Waals surface area contributed by atoms with Gasteiger partial charge in [-0.3, -0.25) is 4.90 Å². The Bertz CT molecular complexity index is 866. The van der Waals surface area contributed by atoms with Gasteiger partial charge in [-0.25, -0.2) is 4.98 Å². The molecule has 4 nitrogen and oxygen atoms in total. The minimum atomic E-state index is 0.315. The first-order chi connectivity index (χ1) is 13.8. The Morgan fingerprint density at radius 2 is 1.89 bits per heavy atom. The molecular formula is C24H31N3O. The molecule has 4 rings (SSSR count). The van der Waals surface area contributed by atoms with Gasteiger partial charge in [0.1, 0.15) is 0 Å². The maximum absolute atomic E-state index is 5.93. The first kappa shape index (κ1) is 19.2. The number of likely N-dealkylation sites (tertiary alicyclic amines) is 1. The standard InChI is InChI=1S/C24H31N3O/c1-2-28-18-24(11-10-20-6-4-3-5-7-20)12-14-27(15-13-24)17-21-8-9-22-23(16-21)26-19-25-22/h3-9,16,19H,2,10-15,17-18H2,1H3,(H,25,26). The van der Waals surface area contributed by atoms with Crippen LogP contribution < -0.4 is 0 Å². The normalized spacial score (nSPS) is 17.2. The number of benzene rings is 2. The highest BCUT2D eigenvalue weighted by molar-refractivity contribution is 5.74. The molecule has 148 valence electrons. The molecule has 0 unspecified atom stereocenters. The number of H-pyrrole nitrogens is 1. The van der Waals surface area contributed by atoms with Crippen molar-refractivity contribution in [1.82, 2.24) is 14.9 Å². The van der Waals surface area contributed by atoms with Crippen molar-refractivity contribution in [3.63, 3.8) is 0 Å². The summed E-state index contributed by atoms with van der Waals surface area (Å²) in [6, 6.07) is 17.4. The molecule has 1 fully saturated rings. The van der Waals surface area contributed by atoms with Crippen molar-refractivity contribution in [2.75, 3.05) is 26.3 Å². The second kappa shape index (κ2) is 8.89. The van der Waals surface area contributed by atoms with Gasteiger partial charge in [-0.2, -0.15) is 0 Å². The highest BCUT2D eigenvalue weighted by Gasteiger charge is 2.34. The van der Waals surface area contributed by atoms with Crippen LogP contribution in [-0.2, 0) is 17.7 Å². The van der Waals surface area contributed by atoms with Crippen LogP contribution in [0.1, 0.15) is 37.3 Å². The number of imidazole rings is 1. The van der Waals surface area contributed by atoms with Crippen LogP contribution in [-0.4, -0.2) is 41.2 Å². The number of piperidine rings is 1. The van der Waals surface area contributed by atoms with E-state index in [1.165, 1.54) is 30.4 Å². The summed E-state index contributed by atoms with van der Waals surface area (Å²) in [5.74, 6) is 0. The summed E-state index contributed by atoms with van der Waals surface area (Å²) < 4.78 is 5.93. The van der Waals surface area contributed by atoms with E-state index in [0.29, 0.717) is 5.41 Å². The van der Waals surface area contributed by atoms with Gasteiger partial charge in [0.05, 0.1) is 24.0 Å². The molecule has 28 heavy (non-hydrogen) atoms. The zero-order valence-corrected chi connectivity index (χ0v) is 16.9. The van der Waals surface area contributed by atoms with Crippen LogP contribution in [0.5, 0.6) is 0 Å². The molecule has 1 aliphatic heterocycles. The Morgan fingerprint density at radius 3 is 2.68 bits per heavy atom. The molecule has 1 aromatic heterocycles. The number of fused-ring (bicyclic) bond motifs is 1. The van der Waals surface area contributed by atoms with E-state index in [2.05, 4.69) is 70.3 Å². The van der Waals surface area contributed by atoms with Gasteiger partial charge in [-0.05, 0) is 74.4 Å². The fraction of sp³-hybridized carbons (Fsp3) is 0.458. The number of nitrogens with one attached hydrogen (secondary N) is 1. The Balaban J connectivity index is 1.36. The number of hydrogen-bond donors (Lipinski definition) is 1. The lowest BCUT2D eigenvalue weighted by Gasteiger charge is -2.42. The molecule has 4 heteroatoms. The smallest absolute Gasteiger partial charge is 0.0931 e. The Kier molecular flexibility index (Phi) is 6.08. The van der Waals surface area contributed by atoms with Gasteiger partial charge >= 0.3 is 0 Å². The first-order valence-electron chi connectivity index (χ1n) is 10.5. The van der Waals surface area contributed by atoms with Gasteiger partial charge in [0.15, 0.2) is 0 Å². The number of nitrogens with zero attached hydrogens (tertiary/aromatic N) is 2. The van der Waals surface area contributed by atoms with E-state index in [9.17, 15) is 0 Å². The van der Waals surface area contributed by atoms with E-state index >= 15 is 0 Å². The van der Waals surface area contributed by atoms with Crippen molar-refractivity contribution in [3.05, 3.63) is 66.0 Å². The summed E-state index contributed by atoms with van der Waals surface area (Å²) in [4.78, 5) is 10.1. The molecular weight excluding hydrogens is 346 g/mol. The fourth-order valence-electron chi connectivity index (χ4n) is 4.36. The predicted molar refractivity (Wildman–Crippen MR) is 114 cm³/mol. The maximum atomic E-state index is 5.93. The summed E-state index contributed by atoms with van der Waals surface area (Å²) in [6.07, 6.45) is 6.55. The van der Waals surface area contributed by atoms with Gasteiger partial charge in [-0.1, -0.05) is 36.4 Å². The lowest BCUT2D eigenvalue weighted by Crippen LogP contribution is -2.42. The average molecular weight is 378 g/mol. The zero-order chi connectivity index (χ0) is 19.2. The van der Waals surface area contributed by atoms with Gasteiger partial charge in [0.2, 0.25) is 0 Å². The topological polar surface area (TPSA) is 41.1 Å². The fourth-order valence-corrected chi connectivity index (χ4v) is 4.36. The molecule has 1 saturated heterocycles. The number of aryl methyl sites for hydroxylation is 1. The third-order valence-corrected chi connectivity index (χ3v) is 6.21. The van der Waals surface area contributed by atoms with Gasteiger partial charge in [0.25, 0.3) is 0 Å². The SMILES string of the molecule is CCOCC1(CCc2ccccc2)CCN(Cc2ccc3nc[nH]c3c2)CC1. The highest BCUT2D eigenvalue weighted by atomic mass is 16.5. The van der Waals surface area contributed by atoms with Crippen molar-refractivity contribution in [3.8, 4) is 0 Å². The summed E-state index contributed by atoms with van der Waals surface area (Å²) >= 11 is 0. The van der Waals surface area contributed by atoms with Crippen LogP contribution in [0, 0.1) is 5.41 Å². The van der Waals surface area contributed by atoms with Gasteiger partial charge in [0, 0.05) is 13.2 Å².